The number of benzene rings is 1. The Kier molecular flexibility index (Phi) is 7.76. The van der Waals surface area contributed by atoms with E-state index in [2.05, 4.69) is 73.8 Å². The lowest BCUT2D eigenvalue weighted by Gasteiger charge is -2.34. The van der Waals surface area contributed by atoms with E-state index in [1.807, 2.05) is 6.08 Å². The maximum atomic E-state index is 11.1. The molecular formula is C26H39N3O. The van der Waals surface area contributed by atoms with Crippen molar-refractivity contribution in [1.29, 1.82) is 0 Å². The molecule has 1 aromatic carbocycles. The minimum Gasteiger partial charge on any atom is -0.379 e. The summed E-state index contributed by atoms with van der Waals surface area (Å²) < 4.78 is 0. The molecule has 0 unspecified atom stereocenters. The summed E-state index contributed by atoms with van der Waals surface area (Å²) in [6.07, 6.45) is 10.5. The number of aldehydes is 1. The number of fused-ring (bicyclic) bond motifs is 1. The first-order chi connectivity index (χ1) is 14.4. The Hall–Kier alpha value is -2.07. The van der Waals surface area contributed by atoms with Crippen LogP contribution in [0.15, 0.2) is 42.2 Å². The smallest absolute Gasteiger partial charge is 0.142 e. The van der Waals surface area contributed by atoms with Gasteiger partial charge in [-0.2, -0.15) is 0 Å². The summed E-state index contributed by atoms with van der Waals surface area (Å²) in [6, 6.07) is 7.22. The quantitative estimate of drug-likeness (QED) is 0.313. The molecule has 1 aliphatic carbocycles. The van der Waals surface area contributed by atoms with Crippen LogP contribution in [0.5, 0.6) is 0 Å². The van der Waals surface area contributed by atoms with Crippen LogP contribution in [0.1, 0.15) is 51.7 Å². The summed E-state index contributed by atoms with van der Waals surface area (Å²) in [4.78, 5) is 18.3. The topological polar surface area (TPSA) is 26.8 Å². The number of allylic oxidation sites excluding steroid dienone is 2. The Morgan fingerprint density at radius 3 is 2.60 bits per heavy atom. The highest BCUT2D eigenvalue weighted by atomic mass is 16.1. The van der Waals surface area contributed by atoms with Gasteiger partial charge in [-0.05, 0) is 80.4 Å². The molecule has 1 fully saturated rings. The first-order valence-electron chi connectivity index (χ1n) is 11.5. The molecule has 0 aromatic heterocycles. The molecular weight excluding hydrogens is 370 g/mol. The molecule has 3 rings (SSSR count). The second-order valence-corrected chi connectivity index (χ2v) is 9.73. The van der Waals surface area contributed by atoms with E-state index in [9.17, 15) is 4.79 Å². The van der Waals surface area contributed by atoms with Crippen LogP contribution in [0.25, 0.3) is 0 Å². The van der Waals surface area contributed by atoms with Crippen molar-refractivity contribution in [2.24, 2.45) is 11.8 Å². The Morgan fingerprint density at radius 1 is 1.20 bits per heavy atom. The molecule has 1 saturated carbocycles. The van der Waals surface area contributed by atoms with E-state index in [4.69, 9.17) is 0 Å². The fourth-order valence-corrected chi connectivity index (χ4v) is 4.50. The molecule has 1 aliphatic heterocycles. The number of nitrogens with zero attached hydrogens (tertiary/aromatic N) is 3. The Bertz CT molecular complexity index is 776. The molecule has 164 valence electrons. The zero-order valence-electron chi connectivity index (χ0n) is 19.5. The fraction of sp³-hybridized carbons (Fsp3) is 0.577. The average molecular weight is 410 g/mol. The number of carbonyl (C=O) groups is 1. The van der Waals surface area contributed by atoms with E-state index >= 15 is 0 Å². The minimum absolute atomic E-state index is 0.282. The molecule has 0 amide bonds. The van der Waals surface area contributed by atoms with Gasteiger partial charge in [-0.15, -0.1) is 0 Å². The maximum absolute atomic E-state index is 11.1. The Balaban J connectivity index is 1.88. The van der Waals surface area contributed by atoms with E-state index in [0.717, 1.165) is 37.4 Å². The van der Waals surface area contributed by atoms with E-state index in [-0.39, 0.29) is 6.04 Å². The number of rotatable bonds is 10. The molecule has 1 heterocycles. The zero-order valence-corrected chi connectivity index (χ0v) is 19.5. The SMILES string of the molecule is CC(C)CN(C)/C=C(\C=C/C=O)N(c1ccc2c(c1)CN(CC1CC1)CC2)C(C)C. The van der Waals surface area contributed by atoms with Gasteiger partial charge >= 0.3 is 0 Å². The monoisotopic (exact) mass is 409 g/mol. The summed E-state index contributed by atoms with van der Waals surface area (Å²) in [7, 11) is 2.11. The van der Waals surface area contributed by atoms with E-state index < -0.39 is 0 Å². The first-order valence-corrected chi connectivity index (χ1v) is 11.5. The number of hydrogen-bond acceptors (Lipinski definition) is 4. The summed E-state index contributed by atoms with van der Waals surface area (Å²) >= 11 is 0. The van der Waals surface area contributed by atoms with Gasteiger partial charge in [-0.25, -0.2) is 0 Å². The lowest BCUT2D eigenvalue weighted by molar-refractivity contribution is -0.104. The van der Waals surface area contributed by atoms with E-state index in [1.54, 1.807) is 6.08 Å². The van der Waals surface area contributed by atoms with Crippen molar-refractivity contribution in [3.63, 3.8) is 0 Å². The van der Waals surface area contributed by atoms with Crippen molar-refractivity contribution < 1.29 is 4.79 Å². The van der Waals surface area contributed by atoms with Gasteiger partial charge in [-0.1, -0.05) is 19.9 Å². The molecule has 1 aromatic rings. The number of hydrogen-bond donors (Lipinski definition) is 0. The largest absolute Gasteiger partial charge is 0.379 e. The van der Waals surface area contributed by atoms with Gasteiger partial charge in [0.05, 0.1) is 5.70 Å². The molecule has 0 radical (unpaired) electrons. The second kappa shape index (κ2) is 10.3. The van der Waals surface area contributed by atoms with Crippen LogP contribution < -0.4 is 4.90 Å². The summed E-state index contributed by atoms with van der Waals surface area (Å²) in [5.74, 6) is 1.51. The summed E-state index contributed by atoms with van der Waals surface area (Å²) in [6.45, 7) is 13.3. The third kappa shape index (κ3) is 6.21. The molecule has 0 spiro atoms. The Morgan fingerprint density at radius 2 is 1.97 bits per heavy atom. The Labute approximate surface area is 183 Å². The van der Waals surface area contributed by atoms with E-state index in [1.165, 1.54) is 42.7 Å². The minimum atomic E-state index is 0.282. The van der Waals surface area contributed by atoms with Gasteiger partial charge < -0.3 is 9.80 Å². The second-order valence-electron chi connectivity index (χ2n) is 9.73. The highest BCUT2D eigenvalue weighted by molar-refractivity contribution is 5.67. The van der Waals surface area contributed by atoms with Gasteiger partial charge in [-0.3, -0.25) is 9.69 Å². The van der Waals surface area contributed by atoms with Crippen molar-refractivity contribution in [2.75, 3.05) is 31.6 Å². The summed E-state index contributed by atoms with van der Waals surface area (Å²) in [5, 5.41) is 0. The predicted molar refractivity (Wildman–Crippen MR) is 127 cm³/mol. The highest BCUT2D eigenvalue weighted by Crippen LogP contribution is 2.33. The van der Waals surface area contributed by atoms with Crippen LogP contribution in [-0.4, -0.2) is 48.8 Å². The standard InChI is InChI=1S/C26H39N3O/c1-20(2)16-27(5)19-26(7-6-14-30)29(21(3)4)25-11-10-23-12-13-28(17-22-8-9-22)18-24(23)15-25/h6-7,10-11,14-15,19-22H,8-9,12-13,16-18H2,1-5H3/b7-6-,26-19+. The highest BCUT2D eigenvalue weighted by Gasteiger charge is 2.27. The third-order valence-electron chi connectivity index (χ3n) is 5.92. The van der Waals surface area contributed by atoms with Crippen LogP contribution in [-0.2, 0) is 17.8 Å². The van der Waals surface area contributed by atoms with Crippen molar-refractivity contribution >= 4 is 12.0 Å². The fourth-order valence-electron chi connectivity index (χ4n) is 4.50. The zero-order chi connectivity index (χ0) is 21.7. The number of carbonyl (C=O) groups excluding carboxylic acids is 1. The van der Waals surface area contributed by atoms with Crippen LogP contribution in [0.3, 0.4) is 0 Å². The lowest BCUT2D eigenvalue weighted by Crippen LogP contribution is -2.34. The van der Waals surface area contributed by atoms with Crippen LogP contribution >= 0.6 is 0 Å². The lowest BCUT2D eigenvalue weighted by atomic mass is 9.98. The predicted octanol–water partition coefficient (Wildman–Crippen LogP) is 4.85. The van der Waals surface area contributed by atoms with Gasteiger partial charge in [0.1, 0.15) is 6.29 Å². The molecule has 30 heavy (non-hydrogen) atoms. The van der Waals surface area contributed by atoms with Gasteiger partial charge in [0.15, 0.2) is 0 Å². The van der Waals surface area contributed by atoms with Crippen LogP contribution in [0, 0.1) is 11.8 Å². The van der Waals surface area contributed by atoms with Crippen molar-refractivity contribution in [1.82, 2.24) is 9.80 Å². The summed E-state index contributed by atoms with van der Waals surface area (Å²) in [5.41, 5.74) is 5.20. The van der Waals surface area contributed by atoms with Gasteiger partial charge in [0.25, 0.3) is 0 Å². The van der Waals surface area contributed by atoms with Crippen LogP contribution in [0.4, 0.5) is 5.69 Å². The average Bonchev–Trinajstić information content (AvgIpc) is 3.49. The molecule has 0 atom stereocenters. The van der Waals surface area contributed by atoms with E-state index in [0.29, 0.717) is 5.92 Å². The molecule has 0 N–H and O–H groups in total. The van der Waals surface area contributed by atoms with Crippen molar-refractivity contribution in [3.05, 3.63) is 53.4 Å². The third-order valence-corrected chi connectivity index (χ3v) is 5.92. The molecule has 4 heteroatoms. The van der Waals surface area contributed by atoms with Crippen molar-refractivity contribution in [3.8, 4) is 0 Å². The van der Waals surface area contributed by atoms with Gasteiger partial charge in [0, 0.05) is 51.2 Å². The molecule has 2 aliphatic rings. The molecule has 0 saturated heterocycles. The van der Waals surface area contributed by atoms with Crippen molar-refractivity contribution in [2.45, 2.75) is 59.5 Å². The van der Waals surface area contributed by atoms with Gasteiger partial charge in [0.2, 0.25) is 0 Å². The molecule has 0 bridgehead atoms. The molecule has 4 nitrogen and oxygen atoms in total. The maximum Gasteiger partial charge on any atom is 0.142 e. The normalized spacial score (nSPS) is 17.6. The first kappa shape index (κ1) is 22.6. The van der Waals surface area contributed by atoms with Crippen LogP contribution in [0.2, 0.25) is 0 Å². The number of anilines is 1.